The summed E-state index contributed by atoms with van der Waals surface area (Å²) < 4.78 is 14.9. The first-order valence-electron chi connectivity index (χ1n) is 5.17. The van der Waals surface area contributed by atoms with Gasteiger partial charge in [-0.05, 0) is 24.6 Å². The predicted molar refractivity (Wildman–Crippen MR) is 60.3 cm³/mol. The fourth-order valence-electron chi connectivity index (χ4n) is 1.67. The highest BCUT2D eigenvalue weighted by atomic mass is 19.1. The van der Waals surface area contributed by atoms with Crippen molar-refractivity contribution in [3.05, 3.63) is 53.9 Å². The van der Waals surface area contributed by atoms with Crippen molar-refractivity contribution in [2.45, 2.75) is 19.5 Å². The smallest absolute Gasteiger partial charge is 0.123 e. The Bertz CT molecular complexity index is 477. The molecule has 4 heteroatoms. The van der Waals surface area contributed by atoms with Crippen LogP contribution in [0.1, 0.15) is 24.2 Å². The topological polar surface area (TPSA) is 43.8 Å². The molecule has 84 valence electrons. The fourth-order valence-corrected chi connectivity index (χ4v) is 1.67. The maximum Gasteiger partial charge on any atom is 0.123 e. The Morgan fingerprint density at radius 2 is 2.31 bits per heavy atom. The van der Waals surface area contributed by atoms with Gasteiger partial charge in [-0.2, -0.15) is 0 Å². The quantitative estimate of drug-likeness (QED) is 0.859. The largest absolute Gasteiger partial charge is 0.329 e. The van der Waals surface area contributed by atoms with Crippen molar-refractivity contribution in [2.75, 3.05) is 0 Å². The van der Waals surface area contributed by atoms with E-state index in [0.717, 1.165) is 11.3 Å². The summed E-state index contributed by atoms with van der Waals surface area (Å²) in [6.45, 7) is 2.49. The average Bonchev–Trinajstić information content (AvgIpc) is 2.66. The lowest BCUT2D eigenvalue weighted by Gasteiger charge is -2.10. The van der Waals surface area contributed by atoms with Crippen molar-refractivity contribution < 1.29 is 4.39 Å². The number of imidazole rings is 1. The van der Waals surface area contributed by atoms with E-state index < -0.39 is 0 Å². The summed E-state index contributed by atoms with van der Waals surface area (Å²) in [5.41, 5.74) is 7.66. The van der Waals surface area contributed by atoms with Crippen molar-refractivity contribution in [1.29, 1.82) is 0 Å². The third kappa shape index (κ3) is 2.28. The van der Waals surface area contributed by atoms with Crippen LogP contribution in [0.3, 0.4) is 0 Å². The zero-order valence-electron chi connectivity index (χ0n) is 9.10. The normalized spacial score (nSPS) is 12.7. The molecule has 0 saturated carbocycles. The van der Waals surface area contributed by atoms with E-state index in [0.29, 0.717) is 6.54 Å². The van der Waals surface area contributed by atoms with Gasteiger partial charge in [-0.15, -0.1) is 0 Å². The minimum Gasteiger partial charge on any atom is -0.329 e. The molecule has 3 nitrogen and oxygen atoms in total. The molecule has 2 N–H and O–H groups in total. The Morgan fingerprint density at radius 3 is 3.00 bits per heavy atom. The zero-order valence-corrected chi connectivity index (χ0v) is 9.10. The highest BCUT2D eigenvalue weighted by Gasteiger charge is 2.07. The van der Waals surface area contributed by atoms with Gasteiger partial charge in [-0.25, -0.2) is 9.37 Å². The van der Waals surface area contributed by atoms with Crippen LogP contribution < -0.4 is 5.73 Å². The zero-order chi connectivity index (χ0) is 11.5. The number of aromatic nitrogens is 2. The molecular weight excluding hydrogens is 205 g/mol. The van der Waals surface area contributed by atoms with Gasteiger partial charge in [0.2, 0.25) is 0 Å². The fraction of sp³-hybridized carbons (Fsp3) is 0.250. The van der Waals surface area contributed by atoms with Gasteiger partial charge in [-0.3, -0.25) is 0 Å². The first-order valence-corrected chi connectivity index (χ1v) is 5.17. The van der Waals surface area contributed by atoms with Crippen LogP contribution in [0.25, 0.3) is 0 Å². The number of hydrogen-bond acceptors (Lipinski definition) is 2. The van der Waals surface area contributed by atoms with Gasteiger partial charge in [0.05, 0.1) is 12.0 Å². The molecule has 1 heterocycles. The SMILES string of the molecule is CC(N)c1cncn1Cc1cccc(F)c1. The van der Waals surface area contributed by atoms with E-state index in [2.05, 4.69) is 4.98 Å². The van der Waals surface area contributed by atoms with Crippen LogP contribution in [0.2, 0.25) is 0 Å². The van der Waals surface area contributed by atoms with E-state index in [4.69, 9.17) is 5.73 Å². The monoisotopic (exact) mass is 219 g/mol. The highest BCUT2D eigenvalue weighted by molar-refractivity contribution is 5.18. The second kappa shape index (κ2) is 4.45. The van der Waals surface area contributed by atoms with Gasteiger partial charge in [0.25, 0.3) is 0 Å². The third-order valence-electron chi connectivity index (χ3n) is 2.45. The summed E-state index contributed by atoms with van der Waals surface area (Å²) in [6.07, 6.45) is 3.45. The molecule has 1 atom stereocenters. The Hall–Kier alpha value is -1.68. The number of nitrogens with zero attached hydrogens (tertiary/aromatic N) is 2. The van der Waals surface area contributed by atoms with Gasteiger partial charge < -0.3 is 10.3 Å². The van der Waals surface area contributed by atoms with Crippen molar-refractivity contribution >= 4 is 0 Å². The van der Waals surface area contributed by atoms with E-state index >= 15 is 0 Å². The van der Waals surface area contributed by atoms with E-state index in [1.165, 1.54) is 12.1 Å². The van der Waals surface area contributed by atoms with Crippen LogP contribution in [-0.4, -0.2) is 9.55 Å². The number of benzene rings is 1. The van der Waals surface area contributed by atoms with Crippen LogP contribution in [0.15, 0.2) is 36.8 Å². The third-order valence-corrected chi connectivity index (χ3v) is 2.45. The van der Waals surface area contributed by atoms with Crippen LogP contribution in [-0.2, 0) is 6.54 Å². The van der Waals surface area contributed by atoms with Crippen LogP contribution in [0.5, 0.6) is 0 Å². The Kier molecular flexibility index (Phi) is 3.01. The van der Waals surface area contributed by atoms with Crippen LogP contribution in [0, 0.1) is 5.82 Å². The Morgan fingerprint density at radius 1 is 1.50 bits per heavy atom. The molecule has 1 aromatic heterocycles. The molecule has 0 radical (unpaired) electrons. The van der Waals surface area contributed by atoms with Gasteiger partial charge >= 0.3 is 0 Å². The molecule has 0 aliphatic carbocycles. The summed E-state index contributed by atoms with van der Waals surface area (Å²) in [4.78, 5) is 4.05. The van der Waals surface area contributed by atoms with Crippen molar-refractivity contribution in [2.24, 2.45) is 5.73 Å². The van der Waals surface area contributed by atoms with E-state index in [1.807, 2.05) is 17.6 Å². The van der Waals surface area contributed by atoms with E-state index in [1.54, 1.807) is 18.6 Å². The molecule has 1 aromatic carbocycles. The second-order valence-electron chi connectivity index (χ2n) is 3.87. The van der Waals surface area contributed by atoms with Crippen molar-refractivity contribution in [1.82, 2.24) is 9.55 Å². The van der Waals surface area contributed by atoms with Crippen molar-refractivity contribution in [3.63, 3.8) is 0 Å². The minimum atomic E-state index is -0.222. The van der Waals surface area contributed by atoms with Gasteiger partial charge in [0, 0.05) is 18.8 Å². The summed E-state index contributed by atoms with van der Waals surface area (Å²) in [5.74, 6) is -0.222. The molecule has 0 saturated heterocycles. The predicted octanol–water partition coefficient (Wildman–Crippen LogP) is 2.09. The first kappa shape index (κ1) is 10.8. The van der Waals surface area contributed by atoms with E-state index in [-0.39, 0.29) is 11.9 Å². The molecule has 0 spiro atoms. The molecule has 2 rings (SSSR count). The summed E-state index contributed by atoms with van der Waals surface area (Å²) in [5, 5.41) is 0. The molecule has 0 aliphatic rings. The van der Waals surface area contributed by atoms with Crippen LogP contribution >= 0.6 is 0 Å². The van der Waals surface area contributed by atoms with Gasteiger partial charge in [0.15, 0.2) is 0 Å². The lowest BCUT2D eigenvalue weighted by atomic mass is 10.2. The molecule has 2 aromatic rings. The Balaban J connectivity index is 2.24. The summed E-state index contributed by atoms with van der Waals surface area (Å²) in [7, 11) is 0. The molecule has 0 bridgehead atoms. The summed E-state index contributed by atoms with van der Waals surface area (Å²) in [6, 6.07) is 6.46. The first-order chi connectivity index (χ1) is 7.66. The Labute approximate surface area is 93.7 Å². The minimum absolute atomic E-state index is 0.0731. The average molecular weight is 219 g/mol. The maximum atomic E-state index is 13.0. The van der Waals surface area contributed by atoms with Gasteiger partial charge in [-0.1, -0.05) is 12.1 Å². The molecule has 0 amide bonds. The number of rotatable bonds is 3. The number of nitrogens with two attached hydrogens (primary N) is 1. The second-order valence-corrected chi connectivity index (χ2v) is 3.87. The van der Waals surface area contributed by atoms with Gasteiger partial charge in [0.1, 0.15) is 5.82 Å². The van der Waals surface area contributed by atoms with Crippen LogP contribution in [0.4, 0.5) is 4.39 Å². The molecule has 0 fully saturated rings. The number of halogens is 1. The van der Waals surface area contributed by atoms with Crippen molar-refractivity contribution in [3.8, 4) is 0 Å². The lowest BCUT2D eigenvalue weighted by Crippen LogP contribution is -2.12. The molecule has 1 unspecified atom stereocenters. The van der Waals surface area contributed by atoms with E-state index in [9.17, 15) is 4.39 Å². The maximum absolute atomic E-state index is 13.0. The standard InChI is InChI=1S/C12H14FN3/c1-9(14)12-6-15-8-16(12)7-10-3-2-4-11(13)5-10/h2-6,8-9H,7,14H2,1H3. The lowest BCUT2D eigenvalue weighted by molar-refractivity contribution is 0.620. The molecule has 0 aliphatic heterocycles. The molecule has 16 heavy (non-hydrogen) atoms. The number of hydrogen-bond donors (Lipinski definition) is 1. The molecular formula is C12H14FN3. The highest BCUT2D eigenvalue weighted by Crippen LogP contribution is 2.12. The summed E-state index contributed by atoms with van der Waals surface area (Å²) >= 11 is 0.